The summed E-state index contributed by atoms with van der Waals surface area (Å²) in [6.45, 7) is 5.12. The Bertz CT molecular complexity index is 800. The minimum Gasteiger partial charge on any atom is -0.359 e. The first-order valence-electron chi connectivity index (χ1n) is 9.36. The molecule has 0 bridgehead atoms. The van der Waals surface area contributed by atoms with Crippen LogP contribution in [0.3, 0.4) is 0 Å². The molecule has 0 atom stereocenters. The second kappa shape index (κ2) is 10.7. The lowest BCUT2D eigenvalue weighted by Crippen LogP contribution is -2.51. The van der Waals surface area contributed by atoms with Gasteiger partial charge in [-0.2, -0.15) is 0 Å². The topological polar surface area (TPSA) is 30.9 Å². The number of benzene rings is 2. The van der Waals surface area contributed by atoms with Crippen LogP contribution in [0, 0.1) is 0 Å². The molecule has 1 fully saturated rings. The molecule has 28 heavy (non-hydrogen) atoms. The van der Waals surface area contributed by atoms with Crippen LogP contribution >= 0.6 is 43.6 Å². The van der Waals surface area contributed by atoms with Crippen molar-refractivity contribution in [2.75, 3.05) is 40.3 Å². The highest BCUT2D eigenvalue weighted by atomic mass is 79.9. The molecule has 150 valence electrons. The smallest absolute Gasteiger partial charge is 0.193 e. The summed E-state index contributed by atoms with van der Waals surface area (Å²) in [5.41, 5.74) is 2.72. The first-order valence-corrected chi connectivity index (χ1v) is 11.9. The van der Waals surface area contributed by atoms with Gasteiger partial charge in [-0.05, 0) is 35.4 Å². The van der Waals surface area contributed by atoms with Crippen molar-refractivity contribution >= 4 is 49.6 Å². The van der Waals surface area contributed by atoms with E-state index in [-0.39, 0.29) is 0 Å². The number of nitrogens with one attached hydrogen (secondary N) is 1. The lowest BCUT2D eigenvalue weighted by Gasteiger charge is -2.36. The van der Waals surface area contributed by atoms with Crippen molar-refractivity contribution in [1.82, 2.24) is 15.1 Å². The van der Waals surface area contributed by atoms with Crippen LogP contribution in [0.15, 0.2) is 61.3 Å². The van der Waals surface area contributed by atoms with Gasteiger partial charge in [0, 0.05) is 66.4 Å². The molecule has 4 nitrogen and oxygen atoms in total. The summed E-state index contributed by atoms with van der Waals surface area (Å²) in [7, 11) is 3.78. The quantitative estimate of drug-likeness (QED) is 0.344. The van der Waals surface area contributed by atoms with E-state index >= 15 is 0 Å². The van der Waals surface area contributed by atoms with E-state index in [1.807, 2.05) is 25.9 Å². The third-order valence-electron chi connectivity index (χ3n) is 4.79. The molecule has 1 N–H and O–H groups in total. The number of hydrogen-bond acceptors (Lipinski definition) is 3. The molecule has 2 aromatic carbocycles. The number of halogens is 2. The molecule has 7 heteroatoms. The van der Waals surface area contributed by atoms with Crippen LogP contribution in [-0.4, -0.2) is 56.0 Å². The largest absolute Gasteiger partial charge is 0.359 e. The minimum atomic E-state index is 0.960. The predicted molar refractivity (Wildman–Crippen MR) is 127 cm³/mol. The van der Waals surface area contributed by atoms with Crippen LogP contribution in [0.4, 0.5) is 0 Å². The van der Waals surface area contributed by atoms with E-state index in [1.165, 1.54) is 16.0 Å². The summed E-state index contributed by atoms with van der Waals surface area (Å²) in [5.74, 6) is 1.94. The number of hydrogen-bond donors (Lipinski definition) is 1. The van der Waals surface area contributed by atoms with Gasteiger partial charge in [-0.25, -0.2) is 0 Å². The third kappa shape index (κ3) is 5.99. The highest BCUT2D eigenvalue weighted by Crippen LogP contribution is 2.29. The zero-order chi connectivity index (χ0) is 19.9. The summed E-state index contributed by atoms with van der Waals surface area (Å²) in [5, 5.41) is 3.18. The molecule has 0 saturated carbocycles. The summed E-state index contributed by atoms with van der Waals surface area (Å²) in [4.78, 5) is 10.5. The number of thioether (sulfide) groups is 1. The van der Waals surface area contributed by atoms with Crippen LogP contribution in [0.1, 0.15) is 11.1 Å². The Morgan fingerprint density at radius 1 is 1.07 bits per heavy atom. The molecule has 0 spiro atoms. The van der Waals surface area contributed by atoms with Gasteiger partial charge >= 0.3 is 0 Å². The van der Waals surface area contributed by atoms with Gasteiger partial charge in [0.15, 0.2) is 5.96 Å². The molecule has 1 heterocycles. The molecule has 2 aromatic rings. The second-order valence-electron chi connectivity index (χ2n) is 6.73. The molecular weight excluding hydrogens is 500 g/mol. The number of aliphatic imine (C=N–C) groups is 1. The molecular formula is C21H26Br2N4S. The van der Waals surface area contributed by atoms with E-state index in [0.29, 0.717) is 0 Å². The Balaban J connectivity index is 1.60. The van der Waals surface area contributed by atoms with E-state index in [0.717, 1.165) is 53.4 Å². The first kappa shape index (κ1) is 21.7. The van der Waals surface area contributed by atoms with Crippen LogP contribution in [0.2, 0.25) is 0 Å². The van der Waals surface area contributed by atoms with Crippen molar-refractivity contribution in [2.24, 2.45) is 4.99 Å². The van der Waals surface area contributed by atoms with Crippen molar-refractivity contribution < 1.29 is 0 Å². The molecule has 0 aromatic heterocycles. The molecule has 1 aliphatic rings. The highest BCUT2D eigenvalue weighted by Gasteiger charge is 2.19. The average Bonchev–Trinajstić information content (AvgIpc) is 2.69. The maximum atomic E-state index is 4.32. The van der Waals surface area contributed by atoms with Gasteiger partial charge in [0.25, 0.3) is 0 Å². The molecule has 0 amide bonds. The molecule has 0 radical (unpaired) electrons. The monoisotopic (exact) mass is 524 g/mol. The van der Waals surface area contributed by atoms with Gasteiger partial charge in [0.2, 0.25) is 0 Å². The Kier molecular flexibility index (Phi) is 8.26. The van der Waals surface area contributed by atoms with Gasteiger partial charge < -0.3 is 10.2 Å². The van der Waals surface area contributed by atoms with Gasteiger partial charge in [0.1, 0.15) is 0 Å². The van der Waals surface area contributed by atoms with E-state index in [2.05, 4.69) is 94.4 Å². The summed E-state index contributed by atoms with van der Waals surface area (Å²) in [6.07, 6.45) is 0. The number of piperazine rings is 1. The number of nitrogens with zero attached hydrogens (tertiary/aromatic N) is 3. The normalized spacial score (nSPS) is 15.7. The highest BCUT2D eigenvalue weighted by molar-refractivity contribution is 9.11. The van der Waals surface area contributed by atoms with Crippen molar-refractivity contribution in [1.29, 1.82) is 0 Å². The van der Waals surface area contributed by atoms with Gasteiger partial charge in [-0.1, -0.05) is 50.1 Å². The van der Waals surface area contributed by atoms with Crippen LogP contribution in [-0.2, 0) is 12.3 Å². The Morgan fingerprint density at radius 2 is 1.75 bits per heavy atom. The first-order chi connectivity index (χ1) is 13.6. The van der Waals surface area contributed by atoms with Crippen molar-refractivity contribution in [3.8, 4) is 0 Å². The van der Waals surface area contributed by atoms with E-state index in [1.54, 1.807) is 0 Å². The van der Waals surface area contributed by atoms with Crippen molar-refractivity contribution in [3.63, 3.8) is 0 Å². The van der Waals surface area contributed by atoms with E-state index in [4.69, 9.17) is 0 Å². The van der Waals surface area contributed by atoms with Gasteiger partial charge in [0.05, 0.1) is 0 Å². The summed E-state index contributed by atoms with van der Waals surface area (Å²) in [6, 6.07) is 15.2. The molecule has 3 rings (SSSR count). The maximum Gasteiger partial charge on any atom is 0.193 e. The SMILES string of the molecule is CN=C(NC)N1CCN(Cc2ccccc2SCc2cc(Br)cc(Br)c2)CC1. The van der Waals surface area contributed by atoms with Crippen molar-refractivity contribution in [3.05, 3.63) is 62.5 Å². The second-order valence-corrected chi connectivity index (χ2v) is 9.58. The van der Waals surface area contributed by atoms with Crippen LogP contribution < -0.4 is 5.32 Å². The summed E-state index contributed by atoms with van der Waals surface area (Å²) < 4.78 is 2.22. The zero-order valence-corrected chi connectivity index (χ0v) is 20.3. The minimum absolute atomic E-state index is 0.960. The number of rotatable bonds is 5. The van der Waals surface area contributed by atoms with Gasteiger partial charge in [-0.15, -0.1) is 11.8 Å². The fourth-order valence-electron chi connectivity index (χ4n) is 3.40. The molecule has 1 aliphatic heterocycles. The summed E-state index contributed by atoms with van der Waals surface area (Å²) >= 11 is 9.07. The lowest BCUT2D eigenvalue weighted by atomic mass is 10.2. The van der Waals surface area contributed by atoms with E-state index < -0.39 is 0 Å². The van der Waals surface area contributed by atoms with E-state index in [9.17, 15) is 0 Å². The Labute approximate surface area is 189 Å². The van der Waals surface area contributed by atoms with Crippen LogP contribution in [0.5, 0.6) is 0 Å². The standard InChI is InChI=1S/C21H26Br2N4S/c1-24-21(25-2)27-9-7-26(8-10-27)14-17-5-3-4-6-20(17)28-15-16-11-18(22)13-19(23)12-16/h3-6,11-13H,7-10,14-15H2,1-2H3,(H,24,25). The maximum absolute atomic E-state index is 4.32. The molecule has 1 saturated heterocycles. The fourth-order valence-corrected chi connectivity index (χ4v) is 5.77. The molecule has 0 unspecified atom stereocenters. The average molecular weight is 526 g/mol. The Hall–Kier alpha value is -1.02. The van der Waals surface area contributed by atoms with Crippen LogP contribution in [0.25, 0.3) is 0 Å². The third-order valence-corrected chi connectivity index (χ3v) is 6.89. The van der Waals surface area contributed by atoms with Gasteiger partial charge in [-0.3, -0.25) is 9.89 Å². The molecule has 0 aliphatic carbocycles. The lowest BCUT2D eigenvalue weighted by molar-refractivity contribution is 0.172. The van der Waals surface area contributed by atoms with Crippen molar-refractivity contribution in [2.45, 2.75) is 17.2 Å². The number of guanidine groups is 1. The zero-order valence-electron chi connectivity index (χ0n) is 16.3. The Morgan fingerprint density at radius 3 is 2.39 bits per heavy atom. The fraction of sp³-hybridized carbons (Fsp3) is 0.381. The predicted octanol–water partition coefficient (Wildman–Crippen LogP) is 4.83.